The minimum absolute atomic E-state index is 0.246. The summed E-state index contributed by atoms with van der Waals surface area (Å²) in [5, 5.41) is 9.27. The Morgan fingerprint density at radius 1 is 1.50 bits per heavy atom. The van der Waals surface area contributed by atoms with Crippen LogP contribution in [0.2, 0.25) is 0 Å². The Kier molecular flexibility index (Phi) is 4.09. The molecule has 2 rings (SSSR count). The van der Waals surface area contributed by atoms with E-state index in [1.807, 2.05) is 30.0 Å². The summed E-state index contributed by atoms with van der Waals surface area (Å²) in [6.45, 7) is 6.49. The number of thioether (sulfide) groups is 1. The second-order valence-electron chi connectivity index (χ2n) is 5.13. The first-order chi connectivity index (χ1) is 8.55. The predicted molar refractivity (Wildman–Crippen MR) is 79.5 cm³/mol. The SMILES string of the molecule is CC1(C)CN(c2ccc(CCl)cc2C#N)CCS1. The normalized spacial score (nSPS) is 18.4. The Morgan fingerprint density at radius 3 is 2.89 bits per heavy atom. The summed E-state index contributed by atoms with van der Waals surface area (Å²) in [5.74, 6) is 1.56. The van der Waals surface area contributed by atoms with E-state index in [0.29, 0.717) is 5.88 Å². The van der Waals surface area contributed by atoms with Crippen molar-refractivity contribution in [2.75, 3.05) is 23.7 Å². The molecule has 1 fully saturated rings. The molecule has 0 N–H and O–H groups in total. The molecule has 96 valence electrons. The van der Waals surface area contributed by atoms with Gasteiger partial charge >= 0.3 is 0 Å². The highest BCUT2D eigenvalue weighted by molar-refractivity contribution is 8.00. The Hall–Kier alpha value is -0.850. The molecule has 1 heterocycles. The van der Waals surface area contributed by atoms with Crippen LogP contribution in [0.4, 0.5) is 5.69 Å². The first-order valence-electron chi connectivity index (χ1n) is 6.03. The quantitative estimate of drug-likeness (QED) is 0.774. The van der Waals surface area contributed by atoms with Gasteiger partial charge in [-0.05, 0) is 31.5 Å². The van der Waals surface area contributed by atoms with Crippen LogP contribution in [0.25, 0.3) is 0 Å². The highest BCUT2D eigenvalue weighted by Gasteiger charge is 2.28. The second kappa shape index (κ2) is 5.42. The zero-order valence-corrected chi connectivity index (χ0v) is 12.3. The molecule has 1 saturated heterocycles. The van der Waals surface area contributed by atoms with Crippen LogP contribution in [0.5, 0.6) is 0 Å². The van der Waals surface area contributed by atoms with Crippen LogP contribution < -0.4 is 4.90 Å². The fraction of sp³-hybridized carbons (Fsp3) is 0.500. The van der Waals surface area contributed by atoms with E-state index in [9.17, 15) is 5.26 Å². The molecule has 0 aromatic heterocycles. The van der Waals surface area contributed by atoms with Gasteiger partial charge in [-0.3, -0.25) is 0 Å². The van der Waals surface area contributed by atoms with E-state index >= 15 is 0 Å². The van der Waals surface area contributed by atoms with Gasteiger partial charge < -0.3 is 4.90 Å². The fourth-order valence-corrected chi connectivity index (χ4v) is 3.53. The summed E-state index contributed by atoms with van der Waals surface area (Å²) in [6, 6.07) is 8.23. The number of anilines is 1. The number of hydrogen-bond acceptors (Lipinski definition) is 3. The molecule has 0 saturated carbocycles. The average molecular weight is 281 g/mol. The molecule has 1 aromatic rings. The molecule has 1 aliphatic rings. The van der Waals surface area contributed by atoms with Crippen LogP contribution >= 0.6 is 23.4 Å². The van der Waals surface area contributed by atoms with Crippen LogP contribution in [0, 0.1) is 11.3 Å². The molecular weight excluding hydrogens is 264 g/mol. The van der Waals surface area contributed by atoms with Crippen molar-refractivity contribution in [2.24, 2.45) is 0 Å². The zero-order valence-electron chi connectivity index (χ0n) is 10.7. The number of rotatable bonds is 2. The van der Waals surface area contributed by atoms with Crippen molar-refractivity contribution in [1.29, 1.82) is 5.26 Å². The van der Waals surface area contributed by atoms with Crippen LogP contribution in [0.1, 0.15) is 25.0 Å². The summed E-state index contributed by atoms with van der Waals surface area (Å²) in [7, 11) is 0. The van der Waals surface area contributed by atoms with Crippen LogP contribution in [-0.2, 0) is 5.88 Å². The number of halogens is 1. The van der Waals surface area contributed by atoms with Gasteiger partial charge in [0.1, 0.15) is 6.07 Å². The maximum atomic E-state index is 9.27. The van der Waals surface area contributed by atoms with Gasteiger partial charge in [0.2, 0.25) is 0 Å². The van der Waals surface area contributed by atoms with Gasteiger partial charge in [0.15, 0.2) is 0 Å². The molecule has 18 heavy (non-hydrogen) atoms. The molecule has 0 bridgehead atoms. The second-order valence-corrected chi connectivity index (χ2v) is 7.20. The summed E-state index contributed by atoms with van der Waals surface area (Å²) in [5.41, 5.74) is 2.78. The lowest BCUT2D eigenvalue weighted by atomic mass is 10.1. The van der Waals surface area contributed by atoms with E-state index in [0.717, 1.165) is 35.7 Å². The van der Waals surface area contributed by atoms with Gasteiger partial charge in [0.25, 0.3) is 0 Å². The Bertz CT molecular complexity index is 479. The van der Waals surface area contributed by atoms with E-state index < -0.39 is 0 Å². The van der Waals surface area contributed by atoms with E-state index in [1.54, 1.807) is 0 Å². The van der Waals surface area contributed by atoms with E-state index in [4.69, 9.17) is 11.6 Å². The van der Waals surface area contributed by atoms with Crippen LogP contribution in [0.15, 0.2) is 18.2 Å². The summed E-state index contributed by atoms with van der Waals surface area (Å²) >= 11 is 7.81. The molecule has 1 aliphatic heterocycles. The lowest BCUT2D eigenvalue weighted by Gasteiger charge is -2.39. The van der Waals surface area contributed by atoms with Crippen LogP contribution in [-0.4, -0.2) is 23.6 Å². The number of hydrogen-bond donors (Lipinski definition) is 0. The number of nitrogens with zero attached hydrogens (tertiary/aromatic N) is 2. The summed E-state index contributed by atoms with van der Waals surface area (Å²) < 4.78 is 0.246. The molecule has 0 atom stereocenters. The average Bonchev–Trinajstić information content (AvgIpc) is 2.36. The van der Waals surface area contributed by atoms with E-state index in [-0.39, 0.29) is 4.75 Å². The Labute approximate surface area is 118 Å². The van der Waals surface area contributed by atoms with Crippen molar-refractivity contribution in [3.8, 4) is 6.07 Å². The lowest BCUT2D eigenvalue weighted by molar-refractivity contribution is 0.647. The minimum atomic E-state index is 0.246. The smallest absolute Gasteiger partial charge is 0.101 e. The van der Waals surface area contributed by atoms with Crippen molar-refractivity contribution >= 4 is 29.1 Å². The van der Waals surface area contributed by atoms with Gasteiger partial charge in [-0.2, -0.15) is 17.0 Å². The van der Waals surface area contributed by atoms with Crippen molar-refractivity contribution in [2.45, 2.75) is 24.5 Å². The number of nitriles is 1. The zero-order chi connectivity index (χ0) is 13.2. The molecule has 0 spiro atoms. The topological polar surface area (TPSA) is 27.0 Å². The molecule has 0 amide bonds. The molecule has 1 aromatic carbocycles. The molecule has 0 unspecified atom stereocenters. The molecule has 0 radical (unpaired) electrons. The third-order valence-corrected chi connectivity index (χ3v) is 4.71. The summed E-state index contributed by atoms with van der Waals surface area (Å²) in [4.78, 5) is 2.31. The van der Waals surface area contributed by atoms with Crippen molar-refractivity contribution < 1.29 is 0 Å². The first-order valence-corrected chi connectivity index (χ1v) is 7.55. The fourth-order valence-electron chi connectivity index (χ4n) is 2.25. The first kappa shape index (κ1) is 13.6. The standard InChI is InChI=1S/C14H17ClN2S/c1-14(2)10-17(5-6-18-14)13-4-3-11(8-15)7-12(13)9-16/h3-4,7H,5-6,8,10H2,1-2H3. The largest absolute Gasteiger partial charge is 0.368 e. The number of alkyl halides is 1. The molecule has 0 aliphatic carbocycles. The maximum Gasteiger partial charge on any atom is 0.101 e. The van der Waals surface area contributed by atoms with E-state index in [1.165, 1.54) is 0 Å². The van der Waals surface area contributed by atoms with Gasteiger partial charge in [0, 0.05) is 29.5 Å². The highest BCUT2D eigenvalue weighted by Crippen LogP contribution is 2.33. The van der Waals surface area contributed by atoms with Gasteiger partial charge in [-0.15, -0.1) is 11.6 Å². The predicted octanol–water partition coefficient (Wildman–Crippen LogP) is 3.63. The van der Waals surface area contributed by atoms with Crippen molar-refractivity contribution in [3.05, 3.63) is 29.3 Å². The molecule has 2 nitrogen and oxygen atoms in total. The highest BCUT2D eigenvalue weighted by atomic mass is 35.5. The Morgan fingerprint density at radius 2 is 2.28 bits per heavy atom. The maximum absolute atomic E-state index is 9.27. The minimum Gasteiger partial charge on any atom is -0.368 e. The van der Waals surface area contributed by atoms with E-state index in [2.05, 4.69) is 24.8 Å². The van der Waals surface area contributed by atoms with Gasteiger partial charge in [-0.1, -0.05) is 6.07 Å². The van der Waals surface area contributed by atoms with Crippen LogP contribution in [0.3, 0.4) is 0 Å². The van der Waals surface area contributed by atoms with Gasteiger partial charge in [-0.25, -0.2) is 0 Å². The molecular formula is C14H17ClN2S. The Balaban J connectivity index is 2.30. The third kappa shape index (κ3) is 2.93. The summed E-state index contributed by atoms with van der Waals surface area (Å²) in [6.07, 6.45) is 0. The van der Waals surface area contributed by atoms with Crippen molar-refractivity contribution in [3.63, 3.8) is 0 Å². The van der Waals surface area contributed by atoms with Crippen molar-refractivity contribution in [1.82, 2.24) is 0 Å². The monoisotopic (exact) mass is 280 g/mol. The third-order valence-electron chi connectivity index (χ3n) is 3.10. The van der Waals surface area contributed by atoms with Gasteiger partial charge in [0.05, 0.1) is 11.3 Å². The molecule has 4 heteroatoms. The number of benzene rings is 1. The lowest BCUT2D eigenvalue weighted by Crippen LogP contribution is -2.43.